The molecule has 0 fully saturated rings. The summed E-state index contributed by atoms with van der Waals surface area (Å²) in [5.41, 5.74) is 0.770. The molecule has 2 nitrogen and oxygen atoms in total. The van der Waals surface area contributed by atoms with E-state index in [9.17, 15) is 4.79 Å². The summed E-state index contributed by atoms with van der Waals surface area (Å²) in [4.78, 5) is 12.1. The number of esters is 1. The van der Waals surface area contributed by atoms with E-state index in [4.69, 9.17) is 4.74 Å². The molecule has 0 aliphatic heterocycles. The molecular formula is C19H22O2Si. The standard InChI is InChI=1S/C19H22O2Si/c1-4-17(22(2,3)18-13-9-6-10-14-18)15-21-19(20)16-11-7-5-8-12-16/h4-14,17H,1,15H2,2-3H3. The first kappa shape index (κ1) is 16.2. The first-order valence-corrected chi connectivity index (χ1v) is 10.5. The minimum atomic E-state index is -1.77. The molecule has 1 atom stereocenters. The van der Waals surface area contributed by atoms with E-state index in [1.807, 2.05) is 30.3 Å². The van der Waals surface area contributed by atoms with Crippen LogP contribution in [0.15, 0.2) is 73.3 Å². The SMILES string of the molecule is C=CC(COC(=O)c1ccccc1)[Si](C)(C)c1ccccc1. The fourth-order valence-corrected chi connectivity index (χ4v) is 5.04. The van der Waals surface area contributed by atoms with E-state index in [1.165, 1.54) is 5.19 Å². The van der Waals surface area contributed by atoms with Crippen molar-refractivity contribution in [2.75, 3.05) is 6.61 Å². The molecular weight excluding hydrogens is 288 g/mol. The monoisotopic (exact) mass is 310 g/mol. The highest BCUT2D eigenvalue weighted by atomic mass is 28.3. The molecule has 0 spiro atoms. The number of carbonyl (C=O) groups is 1. The highest BCUT2D eigenvalue weighted by Gasteiger charge is 2.32. The fourth-order valence-electron chi connectivity index (χ4n) is 2.48. The highest BCUT2D eigenvalue weighted by molar-refractivity contribution is 6.91. The van der Waals surface area contributed by atoms with Crippen molar-refractivity contribution in [3.63, 3.8) is 0 Å². The topological polar surface area (TPSA) is 26.3 Å². The molecule has 0 aliphatic rings. The van der Waals surface area contributed by atoms with Gasteiger partial charge in [0.2, 0.25) is 0 Å². The molecule has 0 amide bonds. The predicted molar refractivity (Wildman–Crippen MR) is 94.2 cm³/mol. The molecule has 0 saturated heterocycles. The van der Waals surface area contributed by atoms with Gasteiger partial charge in [0.05, 0.1) is 20.2 Å². The van der Waals surface area contributed by atoms with Crippen LogP contribution in [0.4, 0.5) is 0 Å². The molecule has 0 aliphatic carbocycles. The second kappa shape index (κ2) is 7.23. The Kier molecular flexibility index (Phi) is 5.34. The van der Waals surface area contributed by atoms with Gasteiger partial charge in [0.1, 0.15) is 0 Å². The van der Waals surface area contributed by atoms with Gasteiger partial charge >= 0.3 is 5.97 Å². The molecule has 0 N–H and O–H groups in total. The first-order valence-electron chi connectivity index (χ1n) is 7.46. The van der Waals surface area contributed by atoms with Gasteiger partial charge in [-0.25, -0.2) is 4.79 Å². The van der Waals surface area contributed by atoms with Gasteiger partial charge in [-0.1, -0.05) is 72.9 Å². The molecule has 0 aromatic heterocycles. The fraction of sp³-hybridized carbons (Fsp3) is 0.211. The van der Waals surface area contributed by atoms with Crippen LogP contribution in [0.1, 0.15) is 10.4 Å². The average molecular weight is 310 g/mol. The minimum Gasteiger partial charge on any atom is -0.462 e. The van der Waals surface area contributed by atoms with E-state index in [0.29, 0.717) is 12.2 Å². The Morgan fingerprint density at radius 3 is 2.18 bits per heavy atom. The van der Waals surface area contributed by atoms with Crippen molar-refractivity contribution < 1.29 is 9.53 Å². The van der Waals surface area contributed by atoms with Crippen molar-refractivity contribution in [3.05, 3.63) is 78.9 Å². The van der Waals surface area contributed by atoms with Crippen molar-refractivity contribution >= 4 is 19.2 Å². The smallest absolute Gasteiger partial charge is 0.338 e. The van der Waals surface area contributed by atoms with E-state index in [0.717, 1.165) is 0 Å². The zero-order valence-electron chi connectivity index (χ0n) is 13.2. The van der Waals surface area contributed by atoms with Crippen molar-refractivity contribution in [2.45, 2.75) is 18.6 Å². The van der Waals surface area contributed by atoms with E-state index in [2.05, 4.69) is 43.9 Å². The summed E-state index contributed by atoms with van der Waals surface area (Å²) in [5, 5.41) is 1.34. The lowest BCUT2D eigenvalue weighted by molar-refractivity contribution is 0.0510. The van der Waals surface area contributed by atoms with E-state index >= 15 is 0 Å². The van der Waals surface area contributed by atoms with Crippen molar-refractivity contribution in [1.29, 1.82) is 0 Å². The van der Waals surface area contributed by atoms with Crippen LogP contribution in [0.5, 0.6) is 0 Å². The van der Waals surface area contributed by atoms with Gasteiger partial charge in [0.25, 0.3) is 0 Å². The number of hydrogen-bond acceptors (Lipinski definition) is 2. The van der Waals surface area contributed by atoms with E-state index in [1.54, 1.807) is 12.1 Å². The normalized spacial score (nSPS) is 12.5. The molecule has 1 unspecified atom stereocenters. The van der Waals surface area contributed by atoms with Crippen molar-refractivity contribution in [2.24, 2.45) is 0 Å². The Morgan fingerprint density at radius 2 is 1.64 bits per heavy atom. The molecule has 2 aromatic carbocycles. The molecule has 2 rings (SSSR count). The minimum absolute atomic E-state index is 0.183. The summed E-state index contributed by atoms with van der Waals surface area (Å²) in [6.07, 6.45) is 1.93. The van der Waals surface area contributed by atoms with Gasteiger partial charge in [0.15, 0.2) is 0 Å². The van der Waals surface area contributed by atoms with Crippen LogP contribution in [-0.2, 0) is 4.74 Å². The second-order valence-corrected chi connectivity index (χ2v) is 10.7. The molecule has 0 heterocycles. The lowest BCUT2D eigenvalue weighted by atomic mass is 10.2. The van der Waals surface area contributed by atoms with Crippen LogP contribution in [0.3, 0.4) is 0 Å². The molecule has 114 valence electrons. The van der Waals surface area contributed by atoms with E-state index in [-0.39, 0.29) is 11.5 Å². The maximum atomic E-state index is 12.1. The predicted octanol–water partition coefficient (Wildman–Crippen LogP) is 4.02. The number of carbonyl (C=O) groups excluding carboxylic acids is 1. The lowest BCUT2D eigenvalue weighted by Gasteiger charge is -2.30. The van der Waals surface area contributed by atoms with Crippen molar-refractivity contribution in [3.8, 4) is 0 Å². The van der Waals surface area contributed by atoms with Crippen LogP contribution in [-0.4, -0.2) is 20.7 Å². The lowest BCUT2D eigenvalue weighted by Crippen LogP contribution is -2.47. The number of hydrogen-bond donors (Lipinski definition) is 0. The summed E-state index contributed by atoms with van der Waals surface area (Å²) in [6, 6.07) is 19.5. The van der Waals surface area contributed by atoms with Crippen LogP contribution < -0.4 is 5.19 Å². The van der Waals surface area contributed by atoms with E-state index < -0.39 is 8.07 Å². The zero-order chi connectivity index (χ0) is 16.0. The summed E-state index contributed by atoms with van der Waals surface area (Å²) in [6.45, 7) is 8.89. The van der Waals surface area contributed by atoms with Crippen LogP contribution in [0.25, 0.3) is 0 Å². The van der Waals surface area contributed by atoms with Gasteiger partial charge in [-0.3, -0.25) is 0 Å². The number of rotatable bonds is 6. The molecule has 0 saturated carbocycles. The largest absolute Gasteiger partial charge is 0.462 e. The summed E-state index contributed by atoms with van der Waals surface area (Å²) >= 11 is 0. The molecule has 2 aromatic rings. The molecule has 0 bridgehead atoms. The Morgan fingerprint density at radius 1 is 1.09 bits per heavy atom. The van der Waals surface area contributed by atoms with Crippen molar-refractivity contribution in [1.82, 2.24) is 0 Å². The van der Waals surface area contributed by atoms with Gasteiger partial charge in [0, 0.05) is 5.54 Å². The summed E-state index contributed by atoms with van der Waals surface area (Å²) in [5.74, 6) is -0.273. The third-order valence-electron chi connectivity index (χ3n) is 4.13. The third kappa shape index (κ3) is 3.74. The maximum Gasteiger partial charge on any atom is 0.338 e. The van der Waals surface area contributed by atoms with Gasteiger partial charge in [-0.2, -0.15) is 0 Å². The van der Waals surface area contributed by atoms with Crippen LogP contribution in [0.2, 0.25) is 18.6 Å². The highest BCUT2D eigenvalue weighted by Crippen LogP contribution is 2.24. The van der Waals surface area contributed by atoms with Crippen LogP contribution >= 0.6 is 0 Å². The van der Waals surface area contributed by atoms with Crippen LogP contribution in [0, 0.1) is 0 Å². The van der Waals surface area contributed by atoms with Gasteiger partial charge < -0.3 is 4.74 Å². The van der Waals surface area contributed by atoms with Gasteiger partial charge in [-0.15, -0.1) is 6.58 Å². The summed E-state index contributed by atoms with van der Waals surface area (Å²) in [7, 11) is -1.77. The second-order valence-electron chi connectivity index (χ2n) is 5.89. The molecule has 22 heavy (non-hydrogen) atoms. The Hall–Kier alpha value is -2.13. The maximum absolute atomic E-state index is 12.1. The Labute approximate surface area is 133 Å². The number of benzene rings is 2. The molecule has 3 heteroatoms. The average Bonchev–Trinajstić information content (AvgIpc) is 2.56. The zero-order valence-corrected chi connectivity index (χ0v) is 14.2. The molecule has 0 radical (unpaired) electrons. The Balaban J connectivity index is 2.06. The first-order chi connectivity index (χ1) is 10.6. The number of ether oxygens (including phenoxy) is 1. The third-order valence-corrected chi connectivity index (χ3v) is 8.21. The summed E-state index contributed by atoms with van der Waals surface area (Å²) < 4.78 is 5.51. The Bertz CT molecular complexity index is 620. The quantitative estimate of drug-likeness (QED) is 0.458. The van der Waals surface area contributed by atoms with Gasteiger partial charge in [-0.05, 0) is 12.1 Å².